The van der Waals surface area contributed by atoms with Gasteiger partial charge in [0.2, 0.25) is 5.91 Å². The second kappa shape index (κ2) is 48.3. The fourth-order valence-corrected chi connectivity index (χ4v) is 4.23. The number of aliphatic carboxylic acids is 1. The summed E-state index contributed by atoms with van der Waals surface area (Å²) >= 11 is 0. The van der Waals surface area contributed by atoms with E-state index < -0.39 is 18.5 Å². The van der Waals surface area contributed by atoms with Crippen LogP contribution in [0.1, 0.15) is 45.4 Å². The molecule has 57 heavy (non-hydrogen) atoms. The fourth-order valence-electron chi connectivity index (χ4n) is 4.23. The number of carboxylic acid groups (broad SMARTS) is 1. The van der Waals surface area contributed by atoms with Crippen LogP contribution in [0.3, 0.4) is 0 Å². The van der Waals surface area contributed by atoms with Crippen molar-refractivity contribution in [3.05, 3.63) is 0 Å². The van der Waals surface area contributed by atoms with Crippen molar-refractivity contribution in [2.75, 3.05) is 185 Å². The summed E-state index contributed by atoms with van der Waals surface area (Å²) in [4.78, 5) is 33.3. The van der Waals surface area contributed by atoms with Crippen LogP contribution in [0, 0.1) is 0 Å². The van der Waals surface area contributed by atoms with E-state index in [9.17, 15) is 14.4 Å². The second-order valence-corrected chi connectivity index (χ2v) is 12.0. The minimum Gasteiger partial charge on any atom is -0.480 e. The van der Waals surface area contributed by atoms with Crippen LogP contribution < -0.4 is 5.32 Å². The molecule has 0 bridgehead atoms. The number of unbranched alkanes of at least 4 members (excludes halogenated alkanes) is 4. The van der Waals surface area contributed by atoms with E-state index in [1.165, 1.54) is 19.3 Å². The molecule has 0 unspecified atom stereocenters. The maximum atomic E-state index is 11.6. The van der Waals surface area contributed by atoms with Crippen LogP contribution in [-0.4, -0.2) is 208 Å². The topological polar surface area (TPSA) is 213 Å². The summed E-state index contributed by atoms with van der Waals surface area (Å²) in [6.07, 6.45) is 6.03. The highest BCUT2D eigenvalue weighted by Crippen LogP contribution is 2.05. The van der Waals surface area contributed by atoms with Crippen molar-refractivity contribution in [2.45, 2.75) is 45.4 Å². The van der Waals surface area contributed by atoms with Crippen molar-refractivity contribution in [1.82, 2.24) is 5.32 Å². The van der Waals surface area contributed by atoms with Crippen molar-refractivity contribution < 1.29 is 85.8 Å². The molecule has 338 valence electrons. The third-order valence-corrected chi connectivity index (χ3v) is 7.09. The number of hydrogen-bond acceptors (Lipinski definition) is 17. The first-order chi connectivity index (χ1) is 28.1. The summed E-state index contributed by atoms with van der Waals surface area (Å²) in [6.45, 7) is 12.7. The van der Waals surface area contributed by atoms with Crippen LogP contribution in [0.4, 0.5) is 0 Å². The van der Waals surface area contributed by atoms with Gasteiger partial charge in [-0.05, 0) is 6.42 Å². The first kappa shape index (κ1) is 54.9. The Kier molecular flexibility index (Phi) is 46.5. The van der Waals surface area contributed by atoms with E-state index in [1.54, 1.807) is 0 Å². The third kappa shape index (κ3) is 50.0. The Balaban J connectivity index is 3.12. The van der Waals surface area contributed by atoms with Gasteiger partial charge in [-0.2, -0.15) is 0 Å². The summed E-state index contributed by atoms with van der Waals surface area (Å²) < 4.78 is 75.2. The molecule has 0 aromatic heterocycles. The van der Waals surface area contributed by atoms with Gasteiger partial charge in [-0.15, -0.1) is 0 Å². The molecule has 0 rings (SSSR count). The molecule has 0 atom stereocenters. The van der Waals surface area contributed by atoms with Crippen LogP contribution in [0.25, 0.3) is 0 Å². The summed E-state index contributed by atoms with van der Waals surface area (Å²) in [7, 11) is 0. The molecule has 0 spiro atoms. The molecule has 0 radical (unpaired) electrons. The lowest BCUT2D eigenvalue weighted by Gasteiger charge is -2.09. The number of carboxylic acids is 1. The van der Waals surface area contributed by atoms with Crippen molar-refractivity contribution in [3.8, 4) is 0 Å². The molecule has 1 amide bonds. The fraction of sp³-hybridized carbons (Fsp3) is 0.921. The monoisotopic (exact) mass is 831 g/mol. The maximum Gasteiger partial charge on any atom is 0.329 e. The van der Waals surface area contributed by atoms with Crippen molar-refractivity contribution in [2.24, 2.45) is 0 Å². The zero-order valence-corrected chi connectivity index (χ0v) is 34.4. The minimum absolute atomic E-state index is 0.156. The molecular formula is C38H73NO18. The maximum absolute atomic E-state index is 11.6. The summed E-state index contributed by atoms with van der Waals surface area (Å²) in [5.74, 6) is -1.68. The standard InChI is InChI=1S/C38H73NO18/c1-2-3-4-5-6-7-38(43)57-33-32-55-31-30-54-29-28-53-27-26-52-25-24-51-23-22-50-21-20-49-19-18-48-17-16-47-15-14-46-13-12-45-11-10-44-9-8-39-36(40)34-56-35-37(41)42/h2-35H2,1H3,(H,39,40)(H,41,42). The summed E-state index contributed by atoms with van der Waals surface area (Å²) in [5, 5.41) is 11.0. The predicted molar refractivity (Wildman–Crippen MR) is 206 cm³/mol. The van der Waals surface area contributed by atoms with Gasteiger partial charge in [0.1, 0.15) is 19.8 Å². The zero-order chi connectivity index (χ0) is 41.4. The quantitative estimate of drug-likeness (QED) is 0.0653. The van der Waals surface area contributed by atoms with E-state index in [2.05, 4.69) is 17.0 Å². The molecule has 19 nitrogen and oxygen atoms in total. The van der Waals surface area contributed by atoms with E-state index in [0.29, 0.717) is 172 Å². The third-order valence-electron chi connectivity index (χ3n) is 7.09. The Labute approximate surface area is 339 Å². The SMILES string of the molecule is CCCCCCCC(=O)OCCOCCOCCOCCOCCOCCOCCOCCOCCOCCOCCOCCOCCNC(=O)COCC(=O)O. The van der Waals surface area contributed by atoms with Crippen LogP contribution in [-0.2, 0) is 80.7 Å². The molecule has 2 N–H and O–H groups in total. The Morgan fingerprint density at radius 2 is 0.702 bits per heavy atom. The normalized spacial score (nSPS) is 11.3. The van der Waals surface area contributed by atoms with Gasteiger partial charge in [-0.3, -0.25) is 9.59 Å². The molecule has 0 aliphatic heterocycles. The molecule has 0 fully saturated rings. The van der Waals surface area contributed by atoms with Gasteiger partial charge in [-0.25, -0.2) is 4.79 Å². The van der Waals surface area contributed by atoms with E-state index in [4.69, 9.17) is 66.7 Å². The number of rotatable bonds is 49. The first-order valence-electron chi connectivity index (χ1n) is 20.2. The lowest BCUT2D eigenvalue weighted by Crippen LogP contribution is -2.31. The molecule has 19 heteroatoms. The van der Waals surface area contributed by atoms with Crippen LogP contribution in [0.2, 0.25) is 0 Å². The van der Waals surface area contributed by atoms with Crippen LogP contribution >= 0.6 is 0 Å². The second-order valence-electron chi connectivity index (χ2n) is 12.0. The van der Waals surface area contributed by atoms with Crippen molar-refractivity contribution in [1.29, 1.82) is 0 Å². The average molecular weight is 832 g/mol. The largest absolute Gasteiger partial charge is 0.480 e. The molecule has 0 saturated heterocycles. The molecule has 0 saturated carbocycles. The van der Waals surface area contributed by atoms with Gasteiger partial charge in [-0.1, -0.05) is 32.6 Å². The Hall–Kier alpha value is -2.11. The van der Waals surface area contributed by atoms with Gasteiger partial charge < -0.3 is 76.7 Å². The van der Waals surface area contributed by atoms with Gasteiger partial charge in [0.25, 0.3) is 0 Å². The van der Waals surface area contributed by atoms with Gasteiger partial charge >= 0.3 is 11.9 Å². The molecule has 0 aromatic rings. The van der Waals surface area contributed by atoms with Crippen LogP contribution in [0.15, 0.2) is 0 Å². The van der Waals surface area contributed by atoms with Gasteiger partial charge in [0, 0.05) is 13.0 Å². The molecule has 0 aromatic carbocycles. The molecule has 0 aliphatic carbocycles. The minimum atomic E-state index is -1.13. The highest BCUT2D eigenvalue weighted by atomic mass is 16.6. The van der Waals surface area contributed by atoms with Gasteiger partial charge in [0.05, 0.1) is 159 Å². The van der Waals surface area contributed by atoms with E-state index in [0.717, 1.165) is 12.8 Å². The highest BCUT2D eigenvalue weighted by Gasteiger charge is 2.04. The Bertz CT molecular complexity index is 859. The van der Waals surface area contributed by atoms with Gasteiger partial charge in [0.15, 0.2) is 0 Å². The average Bonchev–Trinajstić information content (AvgIpc) is 3.19. The highest BCUT2D eigenvalue weighted by molar-refractivity contribution is 5.77. The molecule has 0 aliphatic rings. The lowest BCUT2D eigenvalue weighted by atomic mass is 10.1. The summed E-state index contributed by atoms with van der Waals surface area (Å²) in [5.41, 5.74) is 0. The van der Waals surface area contributed by atoms with Crippen LogP contribution in [0.5, 0.6) is 0 Å². The Morgan fingerprint density at radius 1 is 0.386 bits per heavy atom. The number of carbonyl (C=O) groups is 3. The lowest BCUT2D eigenvalue weighted by molar-refractivity contribution is -0.146. The number of amides is 1. The Morgan fingerprint density at radius 3 is 1.04 bits per heavy atom. The number of hydrogen-bond donors (Lipinski definition) is 2. The van der Waals surface area contributed by atoms with Crippen molar-refractivity contribution in [3.63, 3.8) is 0 Å². The number of esters is 1. The number of nitrogens with one attached hydrogen (secondary N) is 1. The number of ether oxygens (including phenoxy) is 14. The van der Waals surface area contributed by atoms with E-state index in [-0.39, 0.29) is 19.2 Å². The number of carbonyl (C=O) groups excluding carboxylic acids is 2. The zero-order valence-electron chi connectivity index (χ0n) is 34.4. The van der Waals surface area contributed by atoms with E-state index >= 15 is 0 Å². The smallest absolute Gasteiger partial charge is 0.329 e. The first-order valence-corrected chi connectivity index (χ1v) is 20.2. The molecular weight excluding hydrogens is 758 g/mol. The van der Waals surface area contributed by atoms with E-state index in [1.807, 2.05) is 0 Å². The summed E-state index contributed by atoms with van der Waals surface area (Å²) in [6, 6.07) is 0. The molecule has 0 heterocycles. The van der Waals surface area contributed by atoms with Crippen molar-refractivity contribution >= 4 is 17.8 Å². The predicted octanol–water partition coefficient (Wildman–Crippen LogP) is 1.31.